The number of ether oxygens (including phenoxy) is 3. The normalized spacial score (nSPS) is 18.6. The Labute approximate surface area is 181 Å². The fourth-order valence-electron chi connectivity index (χ4n) is 3.54. The minimum absolute atomic E-state index is 0.133. The van der Waals surface area contributed by atoms with Gasteiger partial charge in [-0.1, -0.05) is 19.9 Å². The summed E-state index contributed by atoms with van der Waals surface area (Å²) in [5.74, 6) is -0.357. The Balaban J connectivity index is 2.07. The lowest BCUT2D eigenvalue weighted by atomic mass is 9.93. The average Bonchev–Trinajstić information content (AvgIpc) is 3.05. The third-order valence-corrected chi connectivity index (χ3v) is 5.23. The van der Waals surface area contributed by atoms with Gasteiger partial charge in [0.15, 0.2) is 12.2 Å². The molecule has 0 bridgehead atoms. The predicted molar refractivity (Wildman–Crippen MR) is 115 cm³/mol. The van der Waals surface area contributed by atoms with Crippen molar-refractivity contribution >= 4 is 22.9 Å². The second kappa shape index (κ2) is 8.57. The van der Waals surface area contributed by atoms with Crippen molar-refractivity contribution in [3.63, 3.8) is 0 Å². The topological polar surface area (TPSA) is 92.0 Å². The first-order valence-corrected chi connectivity index (χ1v) is 10.3. The number of esters is 2. The van der Waals surface area contributed by atoms with Gasteiger partial charge >= 0.3 is 17.6 Å². The van der Waals surface area contributed by atoms with Crippen LogP contribution in [0.2, 0.25) is 0 Å². The van der Waals surface area contributed by atoms with Crippen LogP contribution in [0.3, 0.4) is 0 Å². The molecular weight excluding hydrogens is 400 g/mol. The lowest BCUT2D eigenvalue weighted by molar-refractivity contribution is -0.176. The van der Waals surface area contributed by atoms with E-state index < -0.39 is 29.4 Å². The summed E-state index contributed by atoms with van der Waals surface area (Å²) in [5.41, 5.74) is -0.496. The van der Waals surface area contributed by atoms with E-state index in [1.807, 2.05) is 13.8 Å². The van der Waals surface area contributed by atoms with E-state index in [4.69, 9.17) is 18.6 Å². The summed E-state index contributed by atoms with van der Waals surface area (Å²) in [7, 11) is 0. The summed E-state index contributed by atoms with van der Waals surface area (Å²) in [4.78, 5) is 36.9. The van der Waals surface area contributed by atoms with Crippen molar-refractivity contribution in [2.24, 2.45) is 5.92 Å². The van der Waals surface area contributed by atoms with Crippen LogP contribution in [0.5, 0.6) is 5.75 Å². The lowest BCUT2D eigenvalue weighted by Crippen LogP contribution is -2.46. The second-order valence-corrected chi connectivity index (χ2v) is 8.66. The quantitative estimate of drug-likeness (QED) is 0.381. The van der Waals surface area contributed by atoms with Gasteiger partial charge in [0.25, 0.3) is 0 Å². The minimum Gasteiger partial charge on any atom is -0.481 e. The molecule has 0 spiro atoms. The third kappa shape index (κ3) is 4.65. The molecule has 166 valence electrons. The van der Waals surface area contributed by atoms with Gasteiger partial charge < -0.3 is 18.6 Å². The molecule has 1 aliphatic heterocycles. The summed E-state index contributed by atoms with van der Waals surface area (Å²) in [6.45, 7) is 10.7. The molecule has 0 saturated carbocycles. The molecule has 0 N–H and O–H groups in total. The molecule has 3 rings (SSSR count). The van der Waals surface area contributed by atoms with E-state index in [-0.39, 0.29) is 23.9 Å². The van der Waals surface area contributed by atoms with Gasteiger partial charge in [0.05, 0.1) is 5.56 Å². The van der Waals surface area contributed by atoms with Gasteiger partial charge in [0.1, 0.15) is 16.9 Å². The maximum atomic E-state index is 12.6. The molecule has 2 atom stereocenters. The summed E-state index contributed by atoms with van der Waals surface area (Å²) in [6, 6.07) is 6.45. The van der Waals surface area contributed by atoms with Crippen molar-refractivity contribution in [1.82, 2.24) is 0 Å². The number of carbonyl (C=O) groups excluding carboxylic acids is 2. The van der Waals surface area contributed by atoms with Crippen LogP contribution in [0.1, 0.15) is 59.6 Å². The summed E-state index contributed by atoms with van der Waals surface area (Å²) in [6.07, 6.45) is 0.130. The molecular formula is C24H28O7. The van der Waals surface area contributed by atoms with Crippen molar-refractivity contribution < 1.29 is 28.2 Å². The number of hydrogen-bond donors (Lipinski definition) is 0. The minimum atomic E-state index is -1.12. The standard InChI is InChI=1S/C24H28O7/c1-7-14(4)23(27)30-21-19-16(10-8-15-9-11-17(25)29-20(15)19)28-22(21)24(5,6)31-18(26)12-13(2)3/h7-11,13,21-22H,12H2,1-6H3/b14-7-/t21-,22-/m0/s1. The van der Waals surface area contributed by atoms with Crippen LogP contribution in [0.4, 0.5) is 0 Å². The van der Waals surface area contributed by atoms with E-state index in [2.05, 4.69) is 0 Å². The number of hydrogen-bond acceptors (Lipinski definition) is 7. The molecule has 0 fully saturated rings. The van der Waals surface area contributed by atoms with Gasteiger partial charge in [0.2, 0.25) is 0 Å². The van der Waals surface area contributed by atoms with Gasteiger partial charge in [-0.15, -0.1) is 0 Å². The molecule has 0 unspecified atom stereocenters. The second-order valence-electron chi connectivity index (χ2n) is 8.66. The molecule has 1 aliphatic rings. The van der Waals surface area contributed by atoms with Gasteiger partial charge in [-0.05, 0) is 51.8 Å². The Morgan fingerprint density at radius 3 is 2.52 bits per heavy atom. The van der Waals surface area contributed by atoms with E-state index in [0.29, 0.717) is 22.3 Å². The Kier molecular flexibility index (Phi) is 6.25. The fourth-order valence-corrected chi connectivity index (χ4v) is 3.54. The van der Waals surface area contributed by atoms with Gasteiger partial charge in [-0.2, -0.15) is 0 Å². The Hall–Kier alpha value is -3.09. The van der Waals surface area contributed by atoms with E-state index in [9.17, 15) is 14.4 Å². The Morgan fingerprint density at radius 2 is 1.87 bits per heavy atom. The zero-order chi connectivity index (χ0) is 22.9. The zero-order valence-corrected chi connectivity index (χ0v) is 18.7. The molecule has 7 nitrogen and oxygen atoms in total. The SMILES string of the molecule is C/C=C(/C)C(=O)O[C@H]1c2c(ccc3ccc(=O)oc23)O[C@@H]1C(C)(C)OC(=O)CC(C)C. The molecule has 1 aromatic heterocycles. The van der Waals surface area contributed by atoms with Crippen LogP contribution in [0.15, 0.2) is 45.1 Å². The first kappa shape index (κ1) is 22.6. The van der Waals surface area contributed by atoms with Crippen LogP contribution >= 0.6 is 0 Å². The maximum absolute atomic E-state index is 12.6. The monoisotopic (exact) mass is 428 g/mol. The van der Waals surface area contributed by atoms with Crippen LogP contribution in [-0.4, -0.2) is 23.6 Å². The first-order chi connectivity index (χ1) is 14.5. The molecule has 0 radical (unpaired) electrons. The molecule has 1 aromatic carbocycles. The number of carbonyl (C=O) groups is 2. The highest BCUT2D eigenvalue weighted by molar-refractivity contribution is 5.89. The van der Waals surface area contributed by atoms with Crippen LogP contribution in [0, 0.1) is 5.92 Å². The lowest BCUT2D eigenvalue weighted by Gasteiger charge is -2.34. The number of allylic oxidation sites excluding steroid dienone is 1. The fraction of sp³-hybridized carbons (Fsp3) is 0.458. The van der Waals surface area contributed by atoms with Crippen molar-refractivity contribution in [2.45, 2.75) is 65.8 Å². The number of rotatable bonds is 6. The van der Waals surface area contributed by atoms with Gasteiger partial charge in [0, 0.05) is 23.4 Å². The molecule has 0 saturated heterocycles. The van der Waals surface area contributed by atoms with Crippen LogP contribution in [0.25, 0.3) is 11.0 Å². The van der Waals surface area contributed by atoms with E-state index in [1.54, 1.807) is 52.0 Å². The summed E-state index contributed by atoms with van der Waals surface area (Å²) < 4.78 is 23.1. The number of benzene rings is 1. The maximum Gasteiger partial charge on any atom is 0.336 e. The van der Waals surface area contributed by atoms with Gasteiger partial charge in [-0.25, -0.2) is 9.59 Å². The summed E-state index contributed by atoms with van der Waals surface area (Å²) >= 11 is 0. The molecule has 31 heavy (non-hydrogen) atoms. The highest BCUT2D eigenvalue weighted by atomic mass is 16.6. The largest absolute Gasteiger partial charge is 0.481 e. The van der Waals surface area contributed by atoms with E-state index in [1.165, 1.54) is 6.07 Å². The predicted octanol–water partition coefficient (Wildman–Crippen LogP) is 4.47. The first-order valence-electron chi connectivity index (χ1n) is 10.3. The van der Waals surface area contributed by atoms with Crippen LogP contribution < -0.4 is 10.4 Å². The molecule has 0 aliphatic carbocycles. The Morgan fingerprint density at radius 1 is 1.19 bits per heavy atom. The molecule has 2 aromatic rings. The van der Waals surface area contributed by atoms with Crippen molar-refractivity contribution in [2.75, 3.05) is 0 Å². The van der Waals surface area contributed by atoms with Crippen molar-refractivity contribution in [3.05, 3.63) is 51.9 Å². The van der Waals surface area contributed by atoms with Crippen molar-refractivity contribution in [1.29, 1.82) is 0 Å². The average molecular weight is 428 g/mol. The zero-order valence-electron chi connectivity index (χ0n) is 18.7. The van der Waals surface area contributed by atoms with E-state index in [0.717, 1.165) is 0 Å². The third-order valence-electron chi connectivity index (χ3n) is 5.23. The van der Waals surface area contributed by atoms with Gasteiger partial charge in [-0.3, -0.25) is 4.79 Å². The highest BCUT2D eigenvalue weighted by Crippen LogP contribution is 2.47. The number of fused-ring (bicyclic) bond motifs is 3. The summed E-state index contributed by atoms with van der Waals surface area (Å²) in [5, 5.41) is 0.668. The molecule has 0 amide bonds. The van der Waals surface area contributed by atoms with Crippen molar-refractivity contribution in [3.8, 4) is 5.75 Å². The highest BCUT2D eigenvalue weighted by Gasteiger charge is 2.50. The molecule has 7 heteroatoms. The van der Waals surface area contributed by atoms with Crippen LogP contribution in [-0.2, 0) is 19.1 Å². The Bertz CT molecular complexity index is 1090. The van der Waals surface area contributed by atoms with E-state index >= 15 is 0 Å². The molecule has 2 heterocycles. The smallest absolute Gasteiger partial charge is 0.336 e.